The molecule has 1 aliphatic heterocycles. The van der Waals surface area contributed by atoms with Gasteiger partial charge in [0.15, 0.2) is 5.60 Å². The van der Waals surface area contributed by atoms with Crippen LogP contribution in [0.3, 0.4) is 0 Å². The average molecular weight is 282 g/mol. The fourth-order valence-corrected chi connectivity index (χ4v) is 3.08. The highest BCUT2D eigenvalue weighted by atomic mass is 16.6. The zero-order chi connectivity index (χ0) is 15.0. The second-order valence-corrected chi connectivity index (χ2v) is 5.38. The molecule has 1 aromatic heterocycles. The second kappa shape index (κ2) is 4.92. The van der Waals surface area contributed by atoms with E-state index in [1.165, 1.54) is 0 Å². The van der Waals surface area contributed by atoms with Crippen LogP contribution in [0.5, 0.6) is 0 Å². The first-order valence-corrected chi connectivity index (χ1v) is 7.14. The highest BCUT2D eigenvalue weighted by molar-refractivity contribution is 6.04. The van der Waals surface area contributed by atoms with E-state index in [-0.39, 0.29) is 5.97 Å². The average Bonchev–Trinajstić information content (AvgIpc) is 3.03. The van der Waals surface area contributed by atoms with Crippen LogP contribution in [-0.4, -0.2) is 5.97 Å². The van der Waals surface area contributed by atoms with E-state index in [0.29, 0.717) is 12.0 Å². The van der Waals surface area contributed by atoms with Gasteiger partial charge in [-0.15, -0.1) is 0 Å². The molecule has 108 valence electrons. The van der Waals surface area contributed by atoms with E-state index in [9.17, 15) is 4.79 Å². The summed E-state index contributed by atoms with van der Waals surface area (Å²) >= 11 is 0. The van der Waals surface area contributed by atoms with Gasteiger partial charge in [0.25, 0.3) is 0 Å². The summed E-state index contributed by atoms with van der Waals surface area (Å²) in [6.07, 6.45) is 2.38. The predicted molar refractivity (Wildman–Crippen MR) is 80.5 cm³/mol. The number of cyclic esters (lactones) is 1. The first kappa shape index (κ1) is 13.7. The Balaban J connectivity index is 2.23. The normalized spacial score (nSPS) is 21.8. The number of hydrogen-bond donors (Lipinski definition) is 0. The van der Waals surface area contributed by atoms with Crippen molar-refractivity contribution in [2.24, 2.45) is 0 Å². The van der Waals surface area contributed by atoms with Gasteiger partial charge in [-0.1, -0.05) is 37.3 Å². The maximum Gasteiger partial charge on any atom is 0.335 e. The van der Waals surface area contributed by atoms with E-state index in [1.54, 1.807) is 6.26 Å². The lowest BCUT2D eigenvalue weighted by Gasteiger charge is -2.30. The van der Waals surface area contributed by atoms with E-state index >= 15 is 0 Å². The Kier molecular flexibility index (Phi) is 3.20. The summed E-state index contributed by atoms with van der Waals surface area (Å²) in [5.41, 5.74) is 2.76. The molecule has 0 radical (unpaired) electrons. The zero-order valence-corrected chi connectivity index (χ0v) is 12.5. The molecule has 0 amide bonds. The minimum Gasteiger partial charge on any atom is -0.469 e. The number of hydrogen-bond acceptors (Lipinski definition) is 3. The Morgan fingerprint density at radius 3 is 2.43 bits per heavy atom. The minimum atomic E-state index is -0.723. The molecule has 1 aliphatic rings. The molecule has 2 aromatic rings. The molecule has 1 aromatic carbocycles. The molecule has 0 saturated carbocycles. The molecular weight excluding hydrogens is 264 g/mol. The molecular formula is C18H18O3. The van der Waals surface area contributed by atoms with E-state index in [4.69, 9.17) is 9.15 Å². The van der Waals surface area contributed by atoms with E-state index in [0.717, 1.165) is 22.5 Å². The van der Waals surface area contributed by atoms with Crippen molar-refractivity contribution in [2.45, 2.75) is 32.8 Å². The van der Waals surface area contributed by atoms with Crippen LogP contribution in [0, 0.1) is 6.92 Å². The van der Waals surface area contributed by atoms with Gasteiger partial charge in [-0.2, -0.15) is 0 Å². The number of carbonyl (C=O) groups excluding carboxylic acids is 1. The predicted octanol–water partition coefficient (Wildman–Crippen LogP) is 4.22. The summed E-state index contributed by atoms with van der Waals surface area (Å²) in [4.78, 5) is 12.2. The minimum absolute atomic E-state index is 0.255. The third kappa shape index (κ3) is 2.00. The molecule has 0 aliphatic carbocycles. The van der Waals surface area contributed by atoms with Crippen LogP contribution in [0.2, 0.25) is 0 Å². The Hall–Kier alpha value is -2.29. The van der Waals surface area contributed by atoms with Crippen LogP contribution in [0.4, 0.5) is 0 Å². The Bertz CT molecular complexity index is 709. The number of rotatable bonds is 3. The van der Waals surface area contributed by atoms with Crippen LogP contribution in [0.25, 0.3) is 5.57 Å². The highest BCUT2D eigenvalue weighted by Crippen LogP contribution is 2.49. The van der Waals surface area contributed by atoms with Crippen molar-refractivity contribution < 1.29 is 13.9 Å². The van der Waals surface area contributed by atoms with Gasteiger partial charge in [-0.25, -0.2) is 4.79 Å². The van der Waals surface area contributed by atoms with Gasteiger partial charge in [-0.05, 0) is 26.3 Å². The monoisotopic (exact) mass is 282 g/mol. The number of carbonyl (C=O) groups is 1. The van der Waals surface area contributed by atoms with Gasteiger partial charge >= 0.3 is 5.97 Å². The zero-order valence-electron chi connectivity index (χ0n) is 12.5. The third-order valence-electron chi connectivity index (χ3n) is 4.11. The molecule has 0 spiro atoms. The van der Waals surface area contributed by atoms with Crippen molar-refractivity contribution >= 4 is 11.5 Å². The summed E-state index contributed by atoms with van der Waals surface area (Å²) in [5, 5.41) is 0. The number of furan rings is 1. The van der Waals surface area contributed by atoms with Crippen molar-refractivity contribution in [3.8, 4) is 0 Å². The van der Waals surface area contributed by atoms with Crippen molar-refractivity contribution in [1.82, 2.24) is 0 Å². The SMILES string of the molecule is CCC1(c2ccccc2)OC(=O)C(C)=C1c1coc(C)c1. The maximum atomic E-state index is 12.2. The summed E-state index contributed by atoms with van der Waals surface area (Å²) in [7, 11) is 0. The van der Waals surface area contributed by atoms with Gasteiger partial charge < -0.3 is 9.15 Å². The van der Waals surface area contributed by atoms with Crippen LogP contribution in [-0.2, 0) is 15.1 Å². The fraction of sp³-hybridized carbons (Fsp3) is 0.278. The standard InChI is InChI=1S/C18H18O3/c1-4-18(15-8-6-5-7-9-15)16(13(3)17(19)21-18)14-10-12(2)20-11-14/h5-11H,4H2,1-3H3. The lowest BCUT2D eigenvalue weighted by Crippen LogP contribution is -2.27. The number of aryl methyl sites for hydroxylation is 1. The molecule has 3 heteroatoms. The van der Waals surface area contributed by atoms with Crippen LogP contribution in [0.1, 0.15) is 37.2 Å². The van der Waals surface area contributed by atoms with Gasteiger partial charge in [0.1, 0.15) is 5.76 Å². The quantitative estimate of drug-likeness (QED) is 0.791. The van der Waals surface area contributed by atoms with Crippen molar-refractivity contribution in [3.05, 3.63) is 65.1 Å². The second-order valence-electron chi connectivity index (χ2n) is 5.38. The summed E-state index contributed by atoms with van der Waals surface area (Å²) < 4.78 is 11.3. The maximum absolute atomic E-state index is 12.2. The molecule has 21 heavy (non-hydrogen) atoms. The summed E-state index contributed by atoms with van der Waals surface area (Å²) in [5.74, 6) is 0.567. The van der Waals surface area contributed by atoms with Crippen LogP contribution >= 0.6 is 0 Å². The molecule has 3 nitrogen and oxygen atoms in total. The lowest BCUT2D eigenvalue weighted by molar-refractivity contribution is -0.147. The van der Waals surface area contributed by atoms with E-state index < -0.39 is 5.60 Å². The number of esters is 1. The first-order valence-electron chi connectivity index (χ1n) is 7.14. The molecule has 2 heterocycles. The van der Waals surface area contributed by atoms with Gasteiger partial charge in [0.05, 0.1) is 6.26 Å². The Morgan fingerprint density at radius 2 is 1.86 bits per heavy atom. The molecule has 0 N–H and O–H groups in total. The Labute approximate surface area is 124 Å². The van der Waals surface area contributed by atoms with Crippen molar-refractivity contribution in [2.75, 3.05) is 0 Å². The molecule has 0 fully saturated rings. The number of ether oxygens (including phenoxy) is 1. The van der Waals surface area contributed by atoms with Gasteiger partial charge in [-0.3, -0.25) is 0 Å². The fourth-order valence-electron chi connectivity index (χ4n) is 3.08. The largest absolute Gasteiger partial charge is 0.469 e. The molecule has 3 rings (SSSR count). The highest BCUT2D eigenvalue weighted by Gasteiger charge is 2.47. The van der Waals surface area contributed by atoms with E-state index in [2.05, 4.69) is 0 Å². The van der Waals surface area contributed by atoms with Crippen molar-refractivity contribution in [3.63, 3.8) is 0 Å². The van der Waals surface area contributed by atoms with Gasteiger partial charge in [0.2, 0.25) is 0 Å². The summed E-state index contributed by atoms with van der Waals surface area (Å²) in [6.45, 7) is 5.75. The van der Waals surface area contributed by atoms with E-state index in [1.807, 2.05) is 57.2 Å². The summed E-state index contributed by atoms with van der Waals surface area (Å²) in [6, 6.07) is 11.8. The third-order valence-corrected chi connectivity index (χ3v) is 4.11. The first-order chi connectivity index (χ1) is 10.1. The van der Waals surface area contributed by atoms with Crippen LogP contribution in [0.15, 0.2) is 52.7 Å². The Morgan fingerprint density at radius 1 is 1.14 bits per heavy atom. The van der Waals surface area contributed by atoms with Crippen LogP contribution < -0.4 is 0 Å². The molecule has 1 atom stereocenters. The molecule has 1 unspecified atom stereocenters. The number of benzene rings is 1. The smallest absolute Gasteiger partial charge is 0.335 e. The lowest BCUT2D eigenvalue weighted by atomic mass is 9.80. The molecule has 0 bridgehead atoms. The molecule has 0 saturated heterocycles. The topological polar surface area (TPSA) is 39.4 Å². The van der Waals surface area contributed by atoms with Crippen molar-refractivity contribution in [1.29, 1.82) is 0 Å². The van der Waals surface area contributed by atoms with Gasteiger partial charge in [0, 0.05) is 22.3 Å².